The molecular formula is C14H11N3OS. The van der Waals surface area contributed by atoms with Gasteiger partial charge in [-0.15, -0.1) is 0 Å². The normalized spacial score (nSPS) is 26.3. The van der Waals surface area contributed by atoms with Crippen LogP contribution < -0.4 is 5.32 Å². The highest BCUT2D eigenvalue weighted by Crippen LogP contribution is 2.40. The topological polar surface area (TPSA) is 76.7 Å². The summed E-state index contributed by atoms with van der Waals surface area (Å²) in [4.78, 5) is 12.1. The number of nitrogens with one attached hydrogen (secondary N) is 2. The van der Waals surface area contributed by atoms with Gasteiger partial charge in [-0.3, -0.25) is 10.2 Å². The third-order valence-corrected chi connectivity index (χ3v) is 3.76. The summed E-state index contributed by atoms with van der Waals surface area (Å²) in [5.74, 6) is 0.919. The fourth-order valence-electron chi connectivity index (χ4n) is 2.36. The maximum atomic E-state index is 12.0. The van der Waals surface area contributed by atoms with E-state index in [9.17, 15) is 10.1 Å². The van der Waals surface area contributed by atoms with E-state index in [-0.39, 0.29) is 4.99 Å². The lowest BCUT2D eigenvalue weighted by molar-refractivity contribution is -0.123. The van der Waals surface area contributed by atoms with Crippen LogP contribution >= 0.6 is 12.2 Å². The van der Waals surface area contributed by atoms with Crippen LogP contribution in [0.3, 0.4) is 0 Å². The number of rotatable bonds is 1. The molecule has 1 aromatic rings. The third kappa shape index (κ3) is 1.88. The van der Waals surface area contributed by atoms with E-state index >= 15 is 0 Å². The third-order valence-electron chi connectivity index (χ3n) is 3.45. The van der Waals surface area contributed by atoms with Crippen molar-refractivity contribution >= 4 is 29.0 Å². The van der Waals surface area contributed by atoms with E-state index in [4.69, 9.17) is 17.6 Å². The highest BCUT2D eigenvalue weighted by Gasteiger charge is 2.49. The first-order chi connectivity index (χ1) is 9.05. The molecule has 2 atom stereocenters. The molecule has 0 bridgehead atoms. The number of hydrogen-bond acceptors (Lipinski definition) is 4. The number of piperidine rings is 1. The average molecular weight is 269 g/mol. The lowest BCUT2D eigenvalue weighted by Crippen LogP contribution is -2.54. The van der Waals surface area contributed by atoms with E-state index in [2.05, 4.69) is 11.2 Å². The average Bonchev–Trinajstić information content (AvgIpc) is 2.40. The fraction of sp³-hybridized carbons (Fsp3) is 0.214. The van der Waals surface area contributed by atoms with Gasteiger partial charge in [0.2, 0.25) is 5.91 Å². The summed E-state index contributed by atoms with van der Waals surface area (Å²) in [5.41, 5.74) is 0.185. The Hall–Kier alpha value is -2.28. The van der Waals surface area contributed by atoms with E-state index in [0.717, 1.165) is 5.56 Å². The van der Waals surface area contributed by atoms with E-state index < -0.39 is 17.2 Å². The van der Waals surface area contributed by atoms with Crippen LogP contribution in [0.1, 0.15) is 12.5 Å². The highest BCUT2D eigenvalue weighted by molar-refractivity contribution is 7.80. The Morgan fingerprint density at radius 2 is 2.05 bits per heavy atom. The molecule has 1 aromatic carbocycles. The minimum atomic E-state index is -0.947. The predicted molar refractivity (Wildman–Crippen MR) is 74.9 cm³/mol. The van der Waals surface area contributed by atoms with Crippen LogP contribution in [-0.2, 0) is 10.2 Å². The van der Waals surface area contributed by atoms with Crippen LogP contribution in [0.15, 0.2) is 35.9 Å². The van der Waals surface area contributed by atoms with Crippen LogP contribution in [0.5, 0.6) is 0 Å². The molecule has 2 N–H and O–H groups in total. The molecule has 4 nitrogen and oxygen atoms in total. The lowest BCUT2D eigenvalue weighted by Gasteiger charge is -2.38. The van der Waals surface area contributed by atoms with Gasteiger partial charge in [0.05, 0.1) is 17.1 Å². The largest absolute Gasteiger partial charge is 0.315 e. The van der Waals surface area contributed by atoms with Crippen LogP contribution in [0.2, 0.25) is 0 Å². The molecule has 0 spiro atoms. The number of amides is 1. The number of nitrogens with zero attached hydrogens (tertiary/aromatic N) is 1. The highest BCUT2D eigenvalue weighted by atomic mass is 32.1. The van der Waals surface area contributed by atoms with Gasteiger partial charge in [0.1, 0.15) is 10.9 Å². The Bertz CT molecular complexity index is 640. The van der Waals surface area contributed by atoms with E-state index in [1.807, 2.05) is 36.4 Å². The van der Waals surface area contributed by atoms with Gasteiger partial charge in [-0.1, -0.05) is 42.5 Å². The SMILES string of the molecule is CC1(c2ccccc2)C(=C=N)C(=S)NC(=O)C1C#N. The summed E-state index contributed by atoms with van der Waals surface area (Å²) in [6.45, 7) is 1.75. The second-order valence-electron chi connectivity index (χ2n) is 4.45. The van der Waals surface area contributed by atoms with Gasteiger partial charge >= 0.3 is 0 Å². The molecule has 1 aliphatic rings. The zero-order chi connectivity index (χ0) is 14.0. The minimum absolute atomic E-state index is 0.165. The van der Waals surface area contributed by atoms with E-state index in [0.29, 0.717) is 5.57 Å². The second-order valence-corrected chi connectivity index (χ2v) is 4.86. The molecule has 2 rings (SSSR count). The van der Waals surface area contributed by atoms with Gasteiger partial charge in [-0.25, -0.2) is 0 Å². The number of nitriles is 1. The van der Waals surface area contributed by atoms with Crippen molar-refractivity contribution in [1.82, 2.24) is 5.32 Å². The second kappa shape index (κ2) is 4.77. The number of carbonyl (C=O) groups excluding carboxylic acids is 1. The van der Waals surface area contributed by atoms with Gasteiger partial charge in [0.25, 0.3) is 0 Å². The van der Waals surface area contributed by atoms with Crippen molar-refractivity contribution in [3.63, 3.8) is 0 Å². The van der Waals surface area contributed by atoms with Crippen molar-refractivity contribution in [3.8, 4) is 6.07 Å². The molecule has 1 heterocycles. The van der Waals surface area contributed by atoms with Gasteiger partial charge in [-0.05, 0) is 18.4 Å². The minimum Gasteiger partial charge on any atom is -0.315 e. The Morgan fingerprint density at radius 1 is 1.42 bits per heavy atom. The van der Waals surface area contributed by atoms with Crippen molar-refractivity contribution in [2.75, 3.05) is 0 Å². The van der Waals surface area contributed by atoms with Gasteiger partial charge < -0.3 is 5.32 Å². The summed E-state index contributed by atoms with van der Waals surface area (Å²) in [6, 6.07) is 11.2. The molecule has 94 valence electrons. The molecule has 1 amide bonds. The van der Waals surface area contributed by atoms with E-state index in [1.54, 1.807) is 6.92 Å². The van der Waals surface area contributed by atoms with Crippen molar-refractivity contribution in [2.45, 2.75) is 12.3 Å². The van der Waals surface area contributed by atoms with Crippen molar-refractivity contribution in [3.05, 3.63) is 41.5 Å². The lowest BCUT2D eigenvalue weighted by atomic mass is 9.65. The zero-order valence-electron chi connectivity index (χ0n) is 10.2. The Labute approximate surface area is 116 Å². The predicted octanol–water partition coefficient (Wildman–Crippen LogP) is 1.72. The summed E-state index contributed by atoms with van der Waals surface area (Å²) in [7, 11) is 0. The molecule has 19 heavy (non-hydrogen) atoms. The van der Waals surface area contributed by atoms with Gasteiger partial charge in [0, 0.05) is 0 Å². The Balaban J connectivity index is 2.72. The zero-order valence-corrected chi connectivity index (χ0v) is 11.0. The molecule has 0 aromatic heterocycles. The molecule has 1 aliphatic heterocycles. The maximum Gasteiger partial charge on any atom is 0.243 e. The number of carbonyl (C=O) groups is 1. The summed E-state index contributed by atoms with van der Waals surface area (Å²) in [6.07, 6.45) is 0. The first kappa shape index (κ1) is 13.2. The van der Waals surface area contributed by atoms with Crippen LogP contribution in [-0.4, -0.2) is 16.8 Å². The summed E-state index contributed by atoms with van der Waals surface area (Å²) in [5, 5.41) is 19.2. The molecule has 5 heteroatoms. The van der Waals surface area contributed by atoms with Crippen molar-refractivity contribution in [2.24, 2.45) is 5.92 Å². The summed E-state index contributed by atoms with van der Waals surface area (Å²) < 4.78 is 0. The molecule has 1 saturated heterocycles. The molecule has 0 aliphatic carbocycles. The van der Waals surface area contributed by atoms with Crippen LogP contribution in [0.25, 0.3) is 0 Å². The van der Waals surface area contributed by atoms with Crippen molar-refractivity contribution < 1.29 is 4.79 Å². The first-order valence-corrected chi connectivity index (χ1v) is 6.07. The Kier molecular flexibility index (Phi) is 3.30. The molecule has 1 fully saturated rings. The molecule has 0 saturated carbocycles. The maximum absolute atomic E-state index is 12.0. The smallest absolute Gasteiger partial charge is 0.243 e. The standard InChI is InChI=1S/C14H11N3OS/c1-14(9-5-3-2-4-6-9)10(7-15)12(18)17-13(19)11(14)8-16/h2-6,10,16H,1H3,(H,17,18,19). The van der Waals surface area contributed by atoms with Gasteiger partial charge in [0.15, 0.2) is 0 Å². The fourth-order valence-corrected chi connectivity index (χ4v) is 2.72. The molecular weight excluding hydrogens is 258 g/mol. The van der Waals surface area contributed by atoms with Gasteiger partial charge in [-0.2, -0.15) is 5.26 Å². The van der Waals surface area contributed by atoms with Crippen molar-refractivity contribution in [1.29, 1.82) is 10.7 Å². The molecule has 2 unspecified atom stereocenters. The van der Waals surface area contributed by atoms with E-state index in [1.165, 1.54) is 0 Å². The monoisotopic (exact) mass is 269 g/mol. The molecule has 0 radical (unpaired) electrons. The van der Waals surface area contributed by atoms with Crippen LogP contribution in [0.4, 0.5) is 0 Å². The van der Waals surface area contributed by atoms with Crippen LogP contribution in [0, 0.1) is 22.7 Å². The quantitative estimate of drug-likeness (QED) is 0.463. The number of thiocarbonyl (C=S) groups is 1. The number of benzene rings is 1. The number of hydrogen-bond donors (Lipinski definition) is 2. The summed E-state index contributed by atoms with van der Waals surface area (Å²) >= 11 is 5.09. The first-order valence-electron chi connectivity index (χ1n) is 5.66. The Morgan fingerprint density at radius 3 is 2.58 bits per heavy atom.